The van der Waals surface area contributed by atoms with Crippen molar-refractivity contribution in [2.24, 2.45) is 5.92 Å². The van der Waals surface area contributed by atoms with Gasteiger partial charge in [0.15, 0.2) is 11.1 Å². The maximum absolute atomic E-state index is 10.4. The zero-order valence-corrected chi connectivity index (χ0v) is 9.31. The number of hydrogen-bond acceptors (Lipinski definition) is 3. The van der Waals surface area contributed by atoms with E-state index < -0.39 is 11.1 Å². The fourth-order valence-corrected chi connectivity index (χ4v) is 2.05. The Morgan fingerprint density at radius 2 is 2.36 bits per heavy atom. The Kier molecular flexibility index (Phi) is 6.34. The van der Waals surface area contributed by atoms with Gasteiger partial charge in [-0.05, 0) is 38.4 Å². The minimum absolute atomic E-state index is 0.333. The average Bonchev–Trinajstić information content (AvgIpc) is 2.40. The molecule has 2 atom stereocenters. The standard InChI is InChI=1S/C9H20N2O2S/c12-14(13)6-5-11-8-9-3-1-2-4-10-7-9/h9-11H,1-8H2,(H,12,13). The summed E-state index contributed by atoms with van der Waals surface area (Å²) in [4.78, 5) is 0. The molecule has 0 bridgehead atoms. The molecule has 4 nitrogen and oxygen atoms in total. The molecular formula is C9H20N2O2S. The number of rotatable bonds is 5. The summed E-state index contributed by atoms with van der Waals surface area (Å²) in [7, 11) is 0. The van der Waals surface area contributed by atoms with Gasteiger partial charge in [-0.25, -0.2) is 4.21 Å². The summed E-state index contributed by atoms with van der Waals surface area (Å²) < 4.78 is 18.9. The smallest absolute Gasteiger partial charge is 0.154 e. The van der Waals surface area contributed by atoms with E-state index in [1.807, 2.05) is 0 Å². The SMILES string of the molecule is O=S(O)CCNCC1CCCCNC1. The van der Waals surface area contributed by atoms with Gasteiger partial charge < -0.3 is 15.2 Å². The summed E-state index contributed by atoms with van der Waals surface area (Å²) in [6, 6.07) is 0. The summed E-state index contributed by atoms with van der Waals surface area (Å²) >= 11 is -1.65. The lowest BCUT2D eigenvalue weighted by atomic mass is 10.0. The molecule has 14 heavy (non-hydrogen) atoms. The predicted octanol–water partition coefficient (Wildman–Crippen LogP) is 0.187. The Hall–Kier alpha value is 0.0300. The predicted molar refractivity (Wildman–Crippen MR) is 58.7 cm³/mol. The Bertz CT molecular complexity index is 170. The average molecular weight is 220 g/mol. The molecule has 1 heterocycles. The van der Waals surface area contributed by atoms with Crippen LogP contribution < -0.4 is 10.6 Å². The van der Waals surface area contributed by atoms with Crippen molar-refractivity contribution < 1.29 is 8.76 Å². The van der Waals surface area contributed by atoms with Gasteiger partial charge in [0.1, 0.15) is 0 Å². The van der Waals surface area contributed by atoms with Crippen molar-refractivity contribution in [3.63, 3.8) is 0 Å². The van der Waals surface area contributed by atoms with Gasteiger partial charge in [-0.2, -0.15) is 0 Å². The van der Waals surface area contributed by atoms with Crippen LogP contribution in [0.15, 0.2) is 0 Å². The van der Waals surface area contributed by atoms with Crippen LogP contribution in [0.25, 0.3) is 0 Å². The molecule has 0 aromatic heterocycles. The molecule has 1 rings (SSSR count). The second kappa shape index (κ2) is 7.34. The third-order valence-electron chi connectivity index (χ3n) is 2.54. The Balaban J connectivity index is 2.01. The molecule has 1 fully saturated rings. The molecule has 0 radical (unpaired) electrons. The summed E-state index contributed by atoms with van der Waals surface area (Å²) in [5.41, 5.74) is 0. The van der Waals surface area contributed by atoms with Gasteiger partial charge in [-0.3, -0.25) is 0 Å². The molecule has 1 saturated heterocycles. The van der Waals surface area contributed by atoms with Gasteiger partial charge >= 0.3 is 0 Å². The van der Waals surface area contributed by atoms with Gasteiger partial charge in [0.2, 0.25) is 0 Å². The first kappa shape index (κ1) is 12.1. The van der Waals surface area contributed by atoms with Gasteiger partial charge in [0, 0.05) is 6.54 Å². The van der Waals surface area contributed by atoms with Crippen LogP contribution in [0.5, 0.6) is 0 Å². The van der Waals surface area contributed by atoms with E-state index in [1.165, 1.54) is 19.3 Å². The molecule has 2 unspecified atom stereocenters. The van der Waals surface area contributed by atoms with Crippen LogP contribution in [0.2, 0.25) is 0 Å². The van der Waals surface area contributed by atoms with Crippen molar-refractivity contribution in [2.45, 2.75) is 19.3 Å². The highest BCUT2D eigenvalue weighted by Gasteiger charge is 2.10. The normalized spacial score (nSPS) is 25.6. The summed E-state index contributed by atoms with van der Waals surface area (Å²) in [5, 5.41) is 6.62. The molecule has 0 spiro atoms. The first-order chi connectivity index (χ1) is 6.79. The van der Waals surface area contributed by atoms with Crippen LogP contribution in [0.4, 0.5) is 0 Å². The lowest BCUT2D eigenvalue weighted by Gasteiger charge is -2.14. The van der Waals surface area contributed by atoms with Crippen molar-refractivity contribution >= 4 is 11.1 Å². The van der Waals surface area contributed by atoms with Crippen LogP contribution in [0.3, 0.4) is 0 Å². The second-order valence-electron chi connectivity index (χ2n) is 3.80. The molecule has 0 saturated carbocycles. The molecule has 5 heteroatoms. The first-order valence-electron chi connectivity index (χ1n) is 5.28. The monoisotopic (exact) mass is 220 g/mol. The fraction of sp³-hybridized carbons (Fsp3) is 1.00. The Morgan fingerprint density at radius 1 is 1.50 bits per heavy atom. The molecule has 84 valence electrons. The van der Waals surface area contributed by atoms with Crippen LogP contribution in [-0.2, 0) is 11.1 Å². The van der Waals surface area contributed by atoms with Crippen molar-refractivity contribution in [1.29, 1.82) is 0 Å². The lowest BCUT2D eigenvalue weighted by molar-refractivity contribution is 0.447. The zero-order chi connectivity index (χ0) is 10.2. The van der Waals surface area contributed by atoms with E-state index in [0.29, 0.717) is 18.2 Å². The largest absolute Gasteiger partial charge is 0.316 e. The summed E-state index contributed by atoms with van der Waals surface area (Å²) in [5.74, 6) is 1.02. The molecule has 1 aliphatic heterocycles. The topological polar surface area (TPSA) is 61.4 Å². The van der Waals surface area contributed by atoms with Crippen molar-refractivity contribution in [3.8, 4) is 0 Å². The van der Waals surface area contributed by atoms with E-state index in [4.69, 9.17) is 4.55 Å². The van der Waals surface area contributed by atoms with Crippen LogP contribution in [0, 0.1) is 5.92 Å². The van der Waals surface area contributed by atoms with Gasteiger partial charge in [0.25, 0.3) is 0 Å². The van der Waals surface area contributed by atoms with E-state index >= 15 is 0 Å². The maximum atomic E-state index is 10.4. The molecular weight excluding hydrogens is 200 g/mol. The van der Waals surface area contributed by atoms with Crippen LogP contribution in [0.1, 0.15) is 19.3 Å². The third-order valence-corrected chi connectivity index (χ3v) is 3.09. The Morgan fingerprint density at radius 3 is 3.14 bits per heavy atom. The summed E-state index contributed by atoms with van der Waals surface area (Å²) in [6.07, 6.45) is 3.84. The van der Waals surface area contributed by atoms with E-state index in [-0.39, 0.29) is 0 Å². The molecule has 0 aromatic rings. The van der Waals surface area contributed by atoms with E-state index in [9.17, 15) is 4.21 Å². The first-order valence-corrected chi connectivity index (χ1v) is 6.55. The molecule has 0 amide bonds. The van der Waals surface area contributed by atoms with E-state index in [2.05, 4.69) is 10.6 Å². The highest BCUT2D eigenvalue weighted by atomic mass is 32.2. The maximum Gasteiger partial charge on any atom is 0.154 e. The minimum Gasteiger partial charge on any atom is -0.316 e. The quantitative estimate of drug-likeness (QED) is 0.457. The van der Waals surface area contributed by atoms with Gasteiger partial charge in [0.05, 0.1) is 5.75 Å². The molecule has 1 aliphatic rings. The van der Waals surface area contributed by atoms with Gasteiger partial charge in [-0.15, -0.1) is 0 Å². The third kappa shape index (κ3) is 5.70. The highest BCUT2D eigenvalue weighted by Crippen LogP contribution is 2.09. The minimum atomic E-state index is -1.65. The second-order valence-corrected chi connectivity index (χ2v) is 4.85. The highest BCUT2D eigenvalue weighted by molar-refractivity contribution is 7.79. The fourth-order valence-electron chi connectivity index (χ4n) is 1.73. The van der Waals surface area contributed by atoms with E-state index in [1.54, 1.807) is 0 Å². The molecule has 0 aliphatic carbocycles. The van der Waals surface area contributed by atoms with Crippen LogP contribution >= 0.6 is 0 Å². The van der Waals surface area contributed by atoms with Crippen molar-refractivity contribution in [1.82, 2.24) is 10.6 Å². The van der Waals surface area contributed by atoms with Crippen molar-refractivity contribution in [2.75, 3.05) is 31.9 Å². The van der Waals surface area contributed by atoms with Gasteiger partial charge in [-0.1, -0.05) is 6.42 Å². The van der Waals surface area contributed by atoms with Crippen molar-refractivity contribution in [3.05, 3.63) is 0 Å². The molecule has 0 aromatic carbocycles. The Labute approximate surface area is 88.1 Å². The number of hydrogen-bond donors (Lipinski definition) is 3. The number of nitrogens with one attached hydrogen (secondary N) is 2. The van der Waals surface area contributed by atoms with E-state index in [0.717, 1.165) is 19.6 Å². The van der Waals surface area contributed by atoms with Crippen LogP contribution in [-0.4, -0.2) is 40.7 Å². The molecule has 3 N–H and O–H groups in total. The lowest BCUT2D eigenvalue weighted by Crippen LogP contribution is -2.31. The summed E-state index contributed by atoms with van der Waals surface area (Å²) in [6.45, 7) is 3.82. The zero-order valence-electron chi connectivity index (χ0n) is 8.50.